The van der Waals surface area contributed by atoms with Crippen LogP contribution in [0.3, 0.4) is 0 Å². The Morgan fingerprint density at radius 2 is 1.80 bits per heavy atom. The van der Waals surface area contributed by atoms with Crippen LogP contribution in [-0.4, -0.2) is 34.5 Å². The van der Waals surface area contributed by atoms with Gasteiger partial charge >= 0.3 is 0 Å². The number of nitrogens with zero attached hydrogens (tertiary/aromatic N) is 1. The number of aliphatic hydroxyl groups is 1. The maximum absolute atomic E-state index is 11.7. The fourth-order valence-electron chi connectivity index (χ4n) is 1.94. The van der Waals surface area contributed by atoms with Crippen molar-refractivity contribution in [2.75, 3.05) is 6.61 Å². The van der Waals surface area contributed by atoms with E-state index >= 15 is 0 Å². The van der Waals surface area contributed by atoms with Crippen LogP contribution in [0.4, 0.5) is 0 Å². The summed E-state index contributed by atoms with van der Waals surface area (Å²) in [4.78, 5) is 24.7. The van der Waals surface area contributed by atoms with E-state index < -0.39 is 0 Å². The Bertz CT molecular complexity index is 222. The lowest BCUT2D eigenvalue weighted by atomic mass is 10.1. The molecule has 1 N–H and O–H groups in total. The van der Waals surface area contributed by atoms with Gasteiger partial charge in [0.15, 0.2) is 0 Å². The normalized spacial score (nSPS) is 20.3. The van der Waals surface area contributed by atoms with E-state index in [2.05, 4.69) is 0 Å². The van der Waals surface area contributed by atoms with Crippen molar-refractivity contribution in [3.05, 3.63) is 0 Å². The molecule has 0 bridgehead atoms. The van der Waals surface area contributed by atoms with Crippen molar-refractivity contribution in [1.29, 1.82) is 0 Å². The lowest BCUT2D eigenvalue weighted by Gasteiger charge is -2.25. The highest BCUT2D eigenvalue weighted by molar-refractivity contribution is 5.96. The number of carbonyl (C=O) groups excluding carboxylic acids is 2. The van der Waals surface area contributed by atoms with E-state index in [1.165, 1.54) is 4.90 Å². The van der Waals surface area contributed by atoms with Gasteiger partial charge in [-0.05, 0) is 32.6 Å². The molecule has 0 aromatic rings. The van der Waals surface area contributed by atoms with Crippen LogP contribution in [0, 0.1) is 0 Å². The number of hydrogen-bond donors (Lipinski definition) is 1. The third-order valence-corrected chi connectivity index (χ3v) is 2.79. The van der Waals surface area contributed by atoms with Crippen LogP contribution in [0.25, 0.3) is 0 Å². The van der Waals surface area contributed by atoms with E-state index in [4.69, 9.17) is 5.11 Å². The predicted octanol–water partition coefficient (Wildman–Crippen LogP) is 1.08. The van der Waals surface area contributed by atoms with Gasteiger partial charge in [-0.15, -0.1) is 0 Å². The van der Waals surface area contributed by atoms with Gasteiger partial charge in [-0.1, -0.05) is 0 Å². The van der Waals surface area contributed by atoms with Crippen molar-refractivity contribution in [2.24, 2.45) is 0 Å². The van der Waals surface area contributed by atoms with Gasteiger partial charge in [0.1, 0.15) is 0 Å². The lowest BCUT2D eigenvalue weighted by molar-refractivity contribution is -0.146. The van der Waals surface area contributed by atoms with E-state index in [0.29, 0.717) is 25.7 Å². The highest BCUT2D eigenvalue weighted by atomic mass is 16.3. The maximum atomic E-state index is 11.7. The van der Waals surface area contributed by atoms with Crippen molar-refractivity contribution in [3.8, 4) is 0 Å². The Kier molecular flexibility index (Phi) is 4.75. The topological polar surface area (TPSA) is 57.6 Å². The second-order valence-electron chi connectivity index (χ2n) is 4.08. The number of aliphatic hydroxyl groups excluding tert-OH is 1. The molecule has 0 aromatic heterocycles. The first-order valence-electron chi connectivity index (χ1n) is 5.62. The second kappa shape index (κ2) is 5.85. The summed E-state index contributed by atoms with van der Waals surface area (Å²) in [7, 11) is 0. The zero-order chi connectivity index (χ0) is 11.3. The largest absolute Gasteiger partial charge is 0.396 e. The fraction of sp³-hybridized carbons (Fsp3) is 0.818. The van der Waals surface area contributed by atoms with E-state index in [-0.39, 0.29) is 24.5 Å². The molecular weight excluding hydrogens is 194 g/mol. The van der Waals surface area contributed by atoms with E-state index in [9.17, 15) is 9.59 Å². The molecule has 1 fully saturated rings. The third kappa shape index (κ3) is 3.30. The van der Waals surface area contributed by atoms with Crippen LogP contribution in [0.1, 0.15) is 45.4 Å². The summed E-state index contributed by atoms with van der Waals surface area (Å²) >= 11 is 0. The van der Waals surface area contributed by atoms with Crippen LogP contribution in [0.15, 0.2) is 0 Å². The highest BCUT2D eigenvalue weighted by Crippen LogP contribution is 2.17. The van der Waals surface area contributed by atoms with Gasteiger partial charge in [0.05, 0.1) is 0 Å². The number of imide groups is 1. The number of rotatable bonds is 4. The van der Waals surface area contributed by atoms with Gasteiger partial charge in [0.2, 0.25) is 11.8 Å². The molecule has 4 nitrogen and oxygen atoms in total. The summed E-state index contributed by atoms with van der Waals surface area (Å²) < 4.78 is 0. The first kappa shape index (κ1) is 12.2. The molecule has 4 heteroatoms. The van der Waals surface area contributed by atoms with Gasteiger partial charge in [-0.2, -0.15) is 0 Å². The van der Waals surface area contributed by atoms with Crippen LogP contribution in [0.2, 0.25) is 0 Å². The molecule has 15 heavy (non-hydrogen) atoms. The smallest absolute Gasteiger partial charge is 0.229 e. The maximum Gasteiger partial charge on any atom is 0.229 e. The predicted molar refractivity (Wildman–Crippen MR) is 56.1 cm³/mol. The molecule has 0 aromatic carbocycles. The van der Waals surface area contributed by atoms with Crippen molar-refractivity contribution in [3.63, 3.8) is 0 Å². The summed E-state index contributed by atoms with van der Waals surface area (Å²) in [5.74, 6) is -0.106. The summed E-state index contributed by atoms with van der Waals surface area (Å²) in [6.45, 7) is 1.98. The summed E-state index contributed by atoms with van der Waals surface area (Å²) in [5, 5.41) is 8.71. The molecule has 1 heterocycles. The molecular formula is C11H19NO3. The Hall–Kier alpha value is -0.900. The van der Waals surface area contributed by atoms with E-state index in [1.807, 2.05) is 6.92 Å². The molecule has 1 unspecified atom stereocenters. The summed E-state index contributed by atoms with van der Waals surface area (Å²) in [5.41, 5.74) is 0. The second-order valence-corrected chi connectivity index (χ2v) is 4.08. The standard InChI is InChI=1S/C11H19NO3/c1-9(5-4-8-13)12-10(14)6-2-3-7-11(12)15/h9,13H,2-8H2,1H3. The minimum absolute atomic E-state index is 0.0528. The zero-order valence-corrected chi connectivity index (χ0v) is 9.24. The quantitative estimate of drug-likeness (QED) is 0.711. The fourth-order valence-corrected chi connectivity index (χ4v) is 1.94. The third-order valence-electron chi connectivity index (χ3n) is 2.79. The zero-order valence-electron chi connectivity index (χ0n) is 9.24. The van der Waals surface area contributed by atoms with Crippen LogP contribution in [0.5, 0.6) is 0 Å². The number of hydrogen-bond acceptors (Lipinski definition) is 3. The average molecular weight is 213 g/mol. The first-order chi connectivity index (χ1) is 7.16. The van der Waals surface area contributed by atoms with Crippen LogP contribution < -0.4 is 0 Å². The van der Waals surface area contributed by atoms with Crippen molar-refractivity contribution in [1.82, 2.24) is 4.90 Å². The molecule has 1 atom stereocenters. The molecule has 1 rings (SSSR count). The average Bonchev–Trinajstić information content (AvgIpc) is 2.36. The SMILES string of the molecule is CC(CCCO)N1C(=O)CCCCC1=O. The van der Waals surface area contributed by atoms with E-state index in [1.54, 1.807) is 0 Å². The Morgan fingerprint density at radius 1 is 1.27 bits per heavy atom. The molecule has 0 saturated carbocycles. The summed E-state index contributed by atoms with van der Waals surface area (Å²) in [6.07, 6.45) is 3.91. The molecule has 1 saturated heterocycles. The Labute approximate surface area is 90.3 Å². The van der Waals surface area contributed by atoms with Gasteiger partial charge in [-0.3, -0.25) is 14.5 Å². The summed E-state index contributed by atoms with van der Waals surface area (Å²) in [6, 6.07) is -0.0738. The molecule has 1 aliphatic heterocycles. The monoisotopic (exact) mass is 213 g/mol. The Balaban J connectivity index is 2.61. The van der Waals surface area contributed by atoms with Gasteiger partial charge in [-0.25, -0.2) is 0 Å². The number of carbonyl (C=O) groups is 2. The number of likely N-dealkylation sites (tertiary alicyclic amines) is 1. The van der Waals surface area contributed by atoms with Crippen molar-refractivity contribution < 1.29 is 14.7 Å². The van der Waals surface area contributed by atoms with Gasteiger partial charge < -0.3 is 5.11 Å². The minimum atomic E-state index is -0.0738. The lowest BCUT2D eigenvalue weighted by Crippen LogP contribution is -2.42. The highest BCUT2D eigenvalue weighted by Gasteiger charge is 2.27. The number of amides is 2. The minimum Gasteiger partial charge on any atom is -0.396 e. The molecule has 1 aliphatic rings. The first-order valence-corrected chi connectivity index (χ1v) is 5.62. The molecule has 86 valence electrons. The molecule has 0 radical (unpaired) electrons. The van der Waals surface area contributed by atoms with Crippen LogP contribution >= 0.6 is 0 Å². The van der Waals surface area contributed by atoms with Crippen molar-refractivity contribution >= 4 is 11.8 Å². The molecule has 0 aliphatic carbocycles. The van der Waals surface area contributed by atoms with E-state index in [0.717, 1.165) is 12.8 Å². The Morgan fingerprint density at radius 3 is 2.27 bits per heavy atom. The van der Waals surface area contributed by atoms with Crippen LogP contribution in [-0.2, 0) is 9.59 Å². The molecule has 2 amide bonds. The van der Waals surface area contributed by atoms with Crippen molar-refractivity contribution in [2.45, 2.75) is 51.5 Å². The van der Waals surface area contributed by atoms with Gasteiger partial charge in [0, 0.05) is 25.5 Å². The van der Waals surface area contributed by atoms with Gasteiger partial charge in [0.25, 0.3) is 0 Å². The molecule has 0 spiro atoms.